The Kier molecular flexibility index (Phi) is 8.48. The molecule has 0 saturated carbocycles. The van der Waals surface area contributed by atoms with Crippen LogP contribution in [0.1, 0.15) is 39.8 Å². The fourth-order valence-corrected chi connectivity index (χ4v) is 7.93. The Balaban J connectivity index is 1.57. The largest absolute Gasteiger partial charge is 0.497 e. The van der Waals surface area contributed by atoms with Crippen molar-refractivity contribution in [2.24, 2.45) is 5.41 Å². The van der Waals surface area contributed by atoms with Gasteiger partial charge in [0.05, 0.1) is 31.3 Å². The molecular formula is C43H34N4O4S. The van der Waals surface area contributed by atoms with Crippen LogP contribution < -0.4 is 20.1 Å². The molecular weight excluding hydrogens is 669 g/mol. The average molecular weight is 703 g/mol. The minimum Gasteiger partial charge on any atom is -0.497 e. The molecule has 0 bridgehead atoms. The molecule has 256 valence electrons. The van der Waals surface area contributed by atoms with Crippen molar-refractivity contribution in [1.82, 2.24) is 20.4 Å². The lowest BCUT2D eigenvalue weighted by molar-refractivity contribution is -0.145. The molecule has 6 aromatic rings. The fourth-order valence-electron chi connectivity index (χ4n) is 7.74. The SMILES string of the molecule is COc1ccc(/C=C2\c3nn(-c4ccccc4)c(-c4ccc(OC)cc4)c3C(c3ccccc3)C3(C(=O)NC(=S)NC3=O)C2c2ccccc2)cc1. The van der Waals surface area contributed by atoms with Gasteiger partial charge in [-0.05, 0) is 89.1 Å². The number of benzene rings is 5. The highest BCUT2D eigenvalue weighted by Crippen LogP contribution is 2.63. The summed E-state index contributed by atoms with van der Waals surface area (Å²) in [5.41, 5.74) is 5.20. The van der Waals surface area contributed by atoms with Crippen molar-refractivity contribution in [3.63, 3.8) is 0 Å². The molecule has 2 aliphatic rings. The lowest BCUT2D eigenvalue weighted by atomic mass is 9.52. The van der Waals surface area contributed by atoms with Crippen molar-refractivity contribution < 1.29 is 19.1 Å². The van der Waals surface area contributed by atoms with Gasteiger partial charge in [-0.1, -0.05) is 91.0 Å². The van der Waals surface area contributed by atoms with Crippen molar-refractivity contribution in [1.29, 1.82) is 0 Å². The van der Waals surface area contributed by atoms with Crippen molar-refractivity contribution in [2.45, 2.75) is 11.8 Å². The number of allylic oxidation sites excluding steroid dienone is 1. The molecule has 1 aromatic heterocycles. The first-order chi connectivity index (χ1) is 25.4. The number of amides is 2. The van der Waals surface area contributed by atoms with E-state index >= 15 is 9.59 Å². The molecule has 2 N–H and O–H groups in total. The van der Waals surface area contributed by atoms with Gasteiger partial charge in [-0.25, -0.2) is 4.68 Å². The number of hydrogen-bond acceptors (Lipinski definition) is 6. The second-order valence-corrected chi connectivity index (χ2v) is 13.2. The number of ether oxygens (including phenoxy) is 2. The Bertz CT molecular complexity index is 2300. The zero-order chi connectivity index (χ0) is 35.8. The first kappa shape index (κ1) is 32.9. The summed E-state index contributed by atoms with van der Waals surface area (Å²) < 4.78 is 12.9. The molecule has 2 amide bonds. The third-order valence-corrected chi connectivity index (χ3v) is 10.2. The van der Waals surface area contributed by atoms with Gasteiger partial charge in [-0.15, -0.1) is 0 Å². The van der Waals surface area contributed by atoms with Crippen LogP contribution in [0.25, 0.3) is 28.6 Å². The Morgan fingerprint density at radius 1 is 0.673 bits per heavy atom. The first-order valence-electron chi connectivity index (χ1n) is 16.9. The van der Waals surface area contributed by atoms with Crippen molar-refractivity contribution in [3.8, 4) is 28.4 Å². The molecule has 2 unspecified atom stereocenters. The predicted molar refractivity (Wildman–Crippen MR) is 205 cm³/mol. The zero-order valence-corrected chi connectivity index (χ0v) is 29.3. The van der Waals surface area contributed by atoms with Crippen LogP contribution in [-0.2, 0) is 9.59 Å². The van der Waals surface area contributed by atoms with Crippen LogP contribution in [0.4, 0.5) is 0 Å². The smallest absolute Gasteiger partial charge is 0.243 e. The highest BCUT2D eigenvalue weighted by atomic mass is 32.1. The second kappa shape index (κ2) is 13.4. The normalized spacial score (nSPS) is 18.4. The molecule has 8 rings (SSSR count). The zero-order valence-electron chi connectivity index (χ0n) is 28.4. The lowest BCUT2D eigenvalue weighted by Gasteiger charge is -2.49. The Hall–Kier alpha value is -6.32. The van der Waals surface area contributed by atoms with E-state index < -0.39 is 29.1 Å². The Labute approximate surface area is 306 Å². The van der Waals surface area contributed by atoms with E-state index in [1.807, 2.05) is 150 Å². The van der Waals surface area contributed by atoms with Crippen LogP contribution in [0.3, 0.4) is 0 Å². The van der Waals surface area contributed by atoms with Gasteiger partial charge in [0.1, 0.15) is 11.5 Å². The third kappa shape index (κ3) is 5.37. The van der Waals surface area contributed by atoms with Gasteiger partial charge in [-0.3, -0.25) is 9.59 Å². The van der Waals surface area contributed by atoms with E-state index in [9.17, 15) is 0 Å². The molecule has 2 heterocycles. The number of fused-ring (bicyclic) bond motifs is 1. The van der Waals surface area contributed by atoms with Gasteiger partial charge in [0, 0.05) is 23.0 Å². The Morgan fingerprint density at radius 2 is 1.17 bits per heavy atom. The molecule has 9 heteroatoms. The highest BCUT2D eigenvalue weighted by molar-refractivity contribution is 7.80. The number of aromatic nitrogens is 2. The van der Waals surface area contributed by atoms with Crippen LogP contribution in [0, 0.1) is 5.41 Å². The summed E-state index contributed by atoms with van der Waals surface area (Å²) in [5, 5.41) is 11.2. The fraction of sp³-hybridized carbons (Fsp3) is 0.116. The number of carbonyl (C=O) groups is 2. The van der Waals surface area contributed by atoms with Crippen LogP contribution >= 0.6 is 12.2 Å². The molecule has 2 atom stereocenters. The van der Waals surface area contributed by atoms with Gasteiger partial charge in [0.25, 0.3) is 0 Å². The predicted octanol–water partition coefficient (Wildman–Crippen LogP) is 7.54. The van der Waals surface area contributed by atoms with Crippen molar-refractivity contribution in [2.75, 3.05) is 14.2 Å². The number of methoxy groups -OCH3 is 2. The quantitative estimate of drug-likeness (QED) is 0.132. The van der Waals surface area contributed by atoms with Crippen LogP contribution in [-0.4, -0.2) is 40.9 Å². The number of hydrogen-bond donors (Lipinski definition) is 2. The molecule has 1 aliphatic carbocycles. The first-order valence-corrected chi connectivity index (χ1v) is 17.3. The lowest BCUT2D eigenvalue weighted by Crippen LogP contribution is -2.67. The molecule has 0 radical (unpaired) electrons. The average Bonchev–Trinajstić information content (AvgIpc) is 3.58. The van der Waals surface area contributed by atoms with E-state index in [1.165, 1.54) is 0 Å². The minimum atomic E-state index is -1.75. The number of para-hydroxylation sites is 1. The van der Waals surface area contributed by atoms with Crippen LogP contribution in [0.5, 0.6) is 11.5 Å². The van der Waals surface area contributed by atoms with E-state index in [1.54, 1.807) is 14.2 Å². The summed E-state index contributed by atoms with van der Waals surface area (Å²) in [6.07, 6.45) is 2.03. The number of thiocarbonyl (C=S) groups is 1. The Morgan fingerprint density at radius 3 is 1.71 bits per heavy atom. The van der Waals surface area contributed by atoms with Gasteiger partial charge in [-0.2, -0.15) is 5.10 Å². The summed E-state index contributed by atoms with van der Waals surface area (Å²) in [6, 6.07) is 44.8. The monoisotopic (exact) mass is 702 g/mol. The summed E-state index contributed by atoms with van der Waals surface area (Å²) in [4.78, 5) is 30.2. The van der Waals surface area contributed by atoms with Crippen LogP contribution in [0.2, 0.25) is 0 Å². The number of rotatable bonds is 7. The van der Waals surface area contributed by atoms with Crippen molar-refractivity contribution in [3.05, 3.63) is 167 Å². The number of nitrogens with one attached hydrogen (secondary N) is 2. The van der Waals surface area contributed by atoms with E-state index in [2.05, 4.69) is 10.6 Å². The molecule has 1 fully saturated rings. The molecule has 52 heavy (non-hydrogen) atoms. The maximum atomic E-state index is 15.1. The van der Waals surface area contributed by atoms with E-state index in [0.29, 0.717) is 22.8 Å². The van der Waals surface area contributed by atoms with Gasteiger partial charge >= 0.3 is 0 Å². The number of carbonyl (C=O) groups excluding carboxylic acids is 2. The number of nitrogens with zero attached hydrogens (tertiary/aromatic N) is 2. The maximum Gasteiger partial charge on any atom is 0.243 e. The summed E-state index contributed by atoms with van der Waals surface area (Å²) in [7, 11) is 3.26. The molecule has 1 spiro atoms. The standard InChI is InChI=1S/C43H34N4O4S/c1-50-32-22-18-27(19-23-32)26-34-36(28-12-6-3-7-13-28)43(40(48)44-42(52)45-41(43)49)37(29-14-8-4-9-15-29)35-38(34)46-47(31-16-10-5-11-17-31)39(35)30-20-24-33(51-2)25-21-30/h3-26,36-37H,1-2H3,(H2,44,45,48,49,52)/b34-26-. The molecule has 1 aliphatic heterocycles. The van der Waals surface area contributed by atoms with Gasteiger partial charge in [0.15, 0.2) is 10.5 Å². The summed E-state index contributed by atoms with van der Waals surface area (Å²) >= 11 is 5.43. The maximum absolute atomic E-state index is 15.1. The van der Waals surface area contributed by atoms with E-state index in [0.717, 1.165) is 39.2 Å². The van der Waals surface area contributed by atoms with Gasteiger partial charge in [0.2, 0.25) is 11.8 Å². The van der Waals surface area contributed by atoms with E-state index in [4.69, 9.17) is 26.8 Å². The van der Waals surface area contributed by atoms with Crippen LogP contribution in [0.15, 0.2) is 140 Å². The molecule has 8 nitrogen and oxygen atoms in total. The minimum absolute atomic E-state index is 0.0268. The van der Waals surface area contributed by atoms with Gasteiger partial charge < -0.3 is 20.1 Å². The molecule has 5 aromatic carbocycles. The third-order valence-electron chi connectivity index (χ3n) is 9.98. The molecule has 1 saturated heterocycles. The summed E-state index contributed by atoms with van der Waals surface area (Å²) in [6.45, 7) is 0. The van der Waals surface area contributed by atoms with E-state index in [-0.39, 0.29) is 5.11 Å². The topological polar surface area (TPSA) is 94.5 Å². The summed E-state index contributed by atoms with van der Waals surface area (Å²) in [5.74, 6) is -1.16. The van der Waals surface area contributed by atoms with Crippen molar-refractivity contribution >= 4 is 40.8 Å². The highest BCUT2D eigenvalue weighted by Gasteiger charge is 2.65. The second-order valence-electron chi connectivity index (χ2n) is 12.8.